The normalized spacial score (nSPS) is 20.2. The van der Waals surface area contributed by atoms with Crippen molar-refractivity contribution in [3.63, 3.8) is 0 Å². The van der Waals surface area contributed by atoms with Crippen LogP contribution in [-0.2, 0) is 33.4 Å². The third-order valence-electron chi connectivity index (χ3n) is 7.32. The Morgan fingerprint density at radius 2 is 1.66 bits per heavy atom. The van der Waals surface area contributed by atoms with Gasteiger partial charge in [-0.1, -0.05) is 52.0 Å². The minimum Gasteiger partial charge on any atom is -0.342 e. The van der Waals surface area contributed by atoms with Crippen LogP contribution in [0.5, 0.6) is 0 Å². The molecule has 0 bridgehead atoms. The van der Waals surface area contributed by atoms with Gasteiger partial charge in [-0.05, 0) is 60.3 Å². The number of fused-ring (bicyclic) bond motifs is 1. The monoisotopic (exact) mass is 529 g/mol. The van der Waals surface area contributed by atoms with Crippen LogP contribution in [0.15, 0.2) is 36.4 Å². The number of rotatable bonds is 6. The number of benzene rings is 2. The number of nitrogens with zero attached hydrogens (tertiary/aromatic N) is 1. The molecule has 0 spiro atoms. The van der Waals surface area contributed by atoms with Gasteiger partial charge < -0.3 is 10.6 Å². The Balaban J connectivity index is 1.91. The molecule has 38 heavy (non-hydrogen) atoms. The Morgan fingerprint density at radius 1 is 1.05 bits per heavy atom. The number of hydrogen-bond acceptors (Lipinski definition) is 3. The molecule has 2 aliphatic rings. The van der Waals surface area contributed by atoms with Crippen molar-refractivity contribution in [2.24, 2.45) is 11.8 Å². The van der Waals surface area contributed by atoms with Gasteiger partial charge in [0.2, 0.25) is 11.8 Å². The standard InChI is InChI=1S/C29H34F3N3O3/c1-15(2)12-23-27(37)34-25(20-13-18-8-6-7-9-19(18)14-20)28(38)35(23)26-21(29(30,31)32)10-11-22(33-17(5)36)24(26)16(3)4/h6-11,15-16,20,23,25H,12-14H2,1-5H3,(H,33,36)(H,34,37)/t23-,25-/m1/s1. The Morgan fingerprint density at radius 3 is 2.16 bits per heavy atom. The van der Waals surface area contributed by atoms with Gasteiger partial charge in [0.15, 0.2) is 0 Å². The van der Waals surface area contributed by atoms with E-state index in [2.05, 4.69) is 10.6 Å². The molecule has 6 nitrogen and oxygen atoms in total. The number of alkyl halides is 3. The van der Waals surface area contributed by atoms with Gasteiger partial charge in [-0.3, -0.25) is 19.3 Å². The summed E-state index contributed by atoms with van der Waals surface area (Å²) in [5.41, 5.74) is 1.18. The number of carbonyl (C=O) groups excluding carboxylic acids is 3. The molecule has 3 amide bonds. The van der Waals surface area contributed by atoms with Crippen LogP contribution in [-0.4, -0.2) is 29.8 Å². The minimum absolute atomic E-state index is 0.0660. The first-order valence-electron chi connectivity index (χ1n) is 13.0. The highest BCUT2D eigenvalue weighted by atomic mass is 19.4. The van der Waals surface area contributed by atoms with Crippen LogP contribution in [0, 0.1) is 11.8 Å². The molecule has 0 radical (unpaired) electrons. The smallest absolute Gasteiger partial charge is 0.342 e. The molecule has 1 heterocycles. The van der Waals surface area contributed by atoms with E-state index in [9.17, 15) is 27.6 Å². The average molecular weight is 530 g/mol. The Hall–Kier alpha value is -3.36. The van der Waals surface area contributed by atoms with Crippen molar-refractivity contribution in [3.05, 3.63) is 58.7 Å². The van der Waals surface area contributed by atoms with E-state index in [4.69, 9.17) is 0 Å². The highest BCUT2D eigenvalue weighted by molar-refractivity contribution is 6.10. The lowest BCUT2D eigenvalue weighted by atomic mass is 9.87. The first kappa shape index (κ1) is 27.7. The zero-order valence-corrected chi connectivity index (χ0v) is 22.3. The topological polar surface area (TPSA) is 78.5 Å². The molecule has 0 saturated carbocycles. The lowest BCUT2D eigenvalue weighted by molar-refractivity contribution is -0.139. The van der Waals surface area contributed by atoms with Crippen molar-refractivity contribution in [1.29, 1.82) is 0 Å². The largest absolute Gasteiger partial charge is 0.418 e. The number of halogens is 3. The predicted molar refractivity (Wildman–Crippen MR) is 140 cm³/mol. The van der Waals surface area contributed by atoms with Crippen LogP contribution in [0.25, 0.3) is 0 Å². The molecule has 0 unspecified atom stereocenters. The number of amides is 3. The van der Waals surface area contributed by atoms with Crippen LogP contribution in [0.1, 0.15) is 69.2 Å². The maximum Gasteiger partial charge on any atom is 0.418 e. The van der Waals surface area contributed by atoms with E-state index in [-0.39, 0.29) is 35.2 Å². The molecule has 204 valence electrons. The summed E-state index contributed by atoms with van der Waals surface area (Å²) in [5, 5.41) is 5.50. The highest BCUT2D eigenvalue weighted by Crippen LogP contribution is 2.46. The molecule has 1 aliphatic carbocycles. The fourth-order valence-corrected chi connectivity index (χ4v) is 5.78. The highest BCUT2D eigenvalue weighted by Gasteiger charge is 2.49. The average Bonchev–Trinajstić information content (AvgIpc) is 3.23. The lowest BCUT2D eigenvalue weighted by Crippen LogP contribution is -2.66. The zero-order valence-electron chi connectivity index (χ0n) is 22.3. The molecule has 2 aromatic rings. The SMILES string of the molecule is CC(=O)Nc1ccc(C(F)(F)F)c(N2C(=O)[C@@H](C3Cc4ccccc4C3)NC(=O)[C@H]2CC(C)C)c1C(C)C. The van der Waals surface area contributed by atoms with E-state index >= 15 is 0 Å². The maximum atomic E-state index is 14.5. The summed E-state index contributed by atoms with van der Waals surface area (Å²) < 4.78 is 43.5. The Labute approximate surface area is 221 Å². The third kappa shape index (κ3) is 5.28. The van der Waals surface area contributed by atoms with Gasteiger partial charge in [0.1, 0.15) is 12.1 Å². The molecule has 0 aromatic heterocycles. The lowest BCUT2D eigenvalue weighted by Gasteiger charge is -2.43. The Bertz CT molecular complexity index is 1230. The van der Waals surface area contributed by atoms with Gasteiger partial charge in [-0.15, -0.1) is 0 Å². The molecule has 2 N–H and O–H groups in total. The van der Waals surface area contributed by atoms with Gasteiger partial charge in [-0.2, -0.15) is 13.2 Å². The fraction of sp³-hybridized carbons (Fsp3) is 0.483. The first-order chi connectivity index (χ1) is 17.8. The second-order valence-corrected chi connectivity index (χ2v) is 11.0. The van der Waals surface area contributed by atoms with Crippen LogP contribution in [0.3, 0.4) is 0 Å². The van der Waals surface area contributed by atoms with Crippen molar-refractivity contribution in [2.45, 2.75) is 78.1 Å². The van der Waals surface area contributed by atoms with Crippen LogP contribution < -0.4 is 15.5 Å². The van der Waals surface area contributed by atoms with Gasteiger partial charge >= 0.3 is 6.18 Å². The number of nitrogens with one attached hydrogen (secondary N) is 2. The van der Waals surface area contributed by atoms with E-state index in [1.165, 1.54) is 13.0 Å². The summed E-state index contributed by atoms with van der Waals surface area (Å²) in [6, 6.07) is 7.78. The van der Waals surface area contributed by atoms with Crippen LogP contribution in [0.2, 0.25) is 0 Å². The number of carbonyl (C=O) groups is 3. The molecule has 1 saturated heterocycles. The number of piperazine rings is 1. The summed E-state index contributed by atoms with van der Waals surface area (Å²) in [6.07, 6.45) is -3.51. The van der Waals surface area contributed by atoms with Gasteiger partial charge in [0, 0.05) is 18.2 Å². The molecule has 1 fully saturated rings. The summed E-state index contributed by atoms with van der Waals surface area (Å²) >= 11 is 0. The van der Waals surface area contributed by atoms with E-state index in [1.807, 2.05) is 38.1 Å². The summed E-state index contributed by atoms with van der Waals surface area (Å²) in [5.74, 6) is -2.29. The van der Waals surface area contributed by atoms with Gasteiger partial charge in [-0.25, -0.2) is 0 Å². The van der Waals surface area contributed by atoms with E-state index in [0.717, 1.165) is 22.1 Å². The molecule has 2 aromatic carbocycles. The fourth-order valence-electron chi connectivity index (χ4n) is 5.78. The van der Waals surface area contributed by atoms with Crippen molar-refractivity contribution in [1.82, 2.24) is 5.32 Å². The summed E-state index contributed by atoms with van der Waals surface area (Å²) in [6.45, 7) is 8.41. The van der Waals surface area contributed by atoms with Crippen molar-refractivity contribution < 1.29 is 27.6 Å². The molecule has 2 atom stereocenters. The van der Waals surface area contributed by atoms with Crippen molar-refractivity contribution in [2.75, 3.05) is 10.2 Å². The number of hydrogen-bond donors (Lipinski definition) is 2. The summed E-state index contributed by atoms with van der Waals surface area (Å²) in [7, 11) is 0. The molecular weight excluding hydrogens is 495 g/mol. The van der Waals surface area contributed by atoms with Gasteiger partial charge in [0.05, 0.1) is 11.3 Å². The number of anilines is 2. The Kier molecular flexibility index (Phi) is 7.59. The van der Waals surface area contributed by atoms with Crippen molar-refractivity contribution >= 4 is 29.1 Å². The second-order valence-electron chi connectivity index (χ2n) is 11.0. The molecule has 9 heteroatoms. The predicted octanol–water partition coefficient (Wildman–Crippen LogP) is 5.45. The van der Waals surface area contributed by atoms with E-state index in [1.54, 1.807) is 13.8 Å². The molecule has 1 aliphatic heterocycles. The van der Waals surface area contributed by atoms with Crippen LogP contribution in [0.4, 0.5) is 24.5 Å². The maximum absolute atomic E-state index is 14.5. The molecule has 4 rings (SSSR count). The third-order valence-corrected chi connectivity index (χ3v) is 7.32. The van der Waals surface area contributed by atoms with E-state index < -0.39 is 47.5 Å². The quantitative estimate of drug-likeness (QED) is 0.523. The van der Waals surface area contributed by atoms with Crippen molar-refractivity contribution in [3.8, 4) is 0 Å². The van der Waals surface area contributed by atoms with Crippen LogP contribution >= 0.6 is 0 Å². The minimum atomic E-state index is -4.79. The zero-order chi connectivity index (χ0) is 27.9. The first-order valence-corrected chi connectivity index (χ1v) is 13.0. The van der Waals surface area contributed by atoms with Gasteiger partial charge in [0.25, 0.3) is 5.91 Å². The molecular formula is C29H34F3N3O3. The summed E-state index contributed by atoms with van der Waals surface area (Å²) in [4.78, 5) is 40.8. The second kappa shape index (κ2) is 10.4. The van der Waals surface area contributed by atoms with E-state index in [0.29, 0.717) is 12.8 Å².